The van der Waals surface area contributed by atoms with Crippen LogP contribution in [0.4, 0.5) is 0 Å². The molecule has 0 amide bonds. The van der Waals surface area contributed by atoms with E-state index in [-0.39, 0.29) is 0 Å². The highest BCUT2D eigenvalue weighted by Crippen LogP contribution is 2.18. The van der Waals surface area contributed by atoms with Gasteiger partial charge >= 0.3 is 0 Å². The molecular weight excluding hydrogens is 164 g/mol. The highest BCUT2D eigenvalue weighted by Gasteiger charge is 2.00. The minimum atomic E-state index is 0.765. The minimum Gasteiger partial charge on any atom is -0.466 e. The molecule has 0 N–H and O–H groups in total. The third-order valence-electron chi connectivity index (χ3n) is 1.92. The molecule has 0 aliphatic carbocycles. The Balaban J connectivity index is 2.56. The Hall–Kier alpha value is -1.77. The average Bonchev–Trinajstić information content (AvgIpc) is 2.48. The molecule has 2 aromatic rings. The molecule has 1 heterocycles. The van der Waals surface area contributed by atoms with Gasteiger partial charge in [-0.25, -0.2) is 4.98 Å². The summed E-state index contributed by atoms with van der Waals surface area (Å²) in [5, 5.41) is 0. The summed E-state index contributed by atoms with van der Waals surface area (Å²) >= 11 is 0. The van der Waals surface area contributed by atoms with Gasteiger partial charge in [-0.3, -0.25) is 0 Å². The second kappa shape index (κ2) is 2.94. The predicted octanol–water partition coefficient (Wildman–Crippen LogP) is 2.10. The largest absolute Gasteiger partial charge is 0.466 e. The van der Waals surface area contributed by atoms with Gasteiger partial charge in [0.1, 0.15) is 5.75 Å². The maximum atomic E-state index is 5.14. The van der Waals surface area contributed by atoms with E-state index < -0.39 is 0 Å². The van der Waals surface area contributed by atoms with E-state index in [9.17, 15) is 0 Å². The van der Waals surface area contributed by atoms with Crippen molar-refractivity contribution in [3.63, 3.8) is 0 Å². The SMILES string of the molecule is C=COc1ccc2c(c1)ncn2C. The van der Waals surface area contributed by atoms with Crippen LogP contribution in [0.3, 0.4) is 0 Å². The van der Waals surface area contributed by atoms with Crippen molar-refractivity contribution in [2.24, 2.45) is 7.05 Å². The van der Waals surface area contributed by atoms with Crippen LogP contribution in [0.15, 0.2) is 37.4 Å². The molecule has 2 rings (SSSR count). The molecule has 0 unspecified atom stereocenters. The van der Waals surface area contributed by atoms with Gasteiger partial charge in [0.05, 0.1) is 23.6 Å². The number of nitrogens with zero attached hydrogens (tertiary/aromatic N) is 2. The van der Waals surface area contributed by atoms with Gasteiger partial charge in [0, 0.05) is 13.1 Å². The number of aromatic nitrogens is 2. The van der Waals surface area contributed by atoms with E-state index in [1.807, 2.05) is 29.8 Å². The van der Waals surface area contributed by atoms with Crippen molar-refractivity contribution < 1.29 is 4.74 Å². The van der Waals surface area contributed by atoms with Crippen LogP contribution < -0.4 is 4.74 Å². The van der Waals surface area contributed by atoms with Gasteiger partial charge < -0.3 is 9.30 Å². The van der Waals surface area contributed by atoms with Crippen LogP contribution in [0.25, 0.3) is 11.0 Å². The van der Waals surface area contributed by atoms with Crippen LogP contribution in [-0.4, -0.2) is 9.55 Å². The van der Waals surface area contributed by atoms with Crippen molar-refractivity contribution in [2.75, 3.05) is 0 Å². The van der Waals surface area contributed by atoms with Gasteiger partial charge in [-0.2, -0.15) is 0 Å². The Labute approximate surface area is 76.3 Å². The van der Waals surface area contributed by atoms with Gasteiger partial charge in [0.15, 0.2) is 0 Å². The Bertz CT molecular complexity index is 445. The van der Waals surface area contributed by atoms with Crippen LogP contribution in [0, 0.1) is 0 Å². The maximum absolute atomic E-state index is 5.14. The molecule has 3 heteroatoms. The van der Waals surface area contributed by atoms with E-state index in [2.05, 4.69) is 11.6 Å². The first kappa shape index (κ1) is 7.86. The van der Waals surface area contributed by atoms with E-state index >= 15 is 0 Å². The smallest absolute Gasteiger partial charge is 0.128 e. The van der Waals surface area contributed by atoms with Gasteiger partial charge in [0.2, 0.25) is 0 Å². The van der Waals surface area contributed by atoms with Crippen molar-refractivity contribution in [3.8, 4) is 5.75 Å². The molecule has 0 fully saturated rings. The molecule has 0 radical (unpaired) electrons. The number of hydrogen-bond acceptors (Lipinski definition) is 2. The van der Waals surface area contributed by atoms with Gasteiger partial charge in [-0.05, 0) is 12.1 Å². The summed E-state index contributed by atoms with van der Waals surface area (Å²) in [5.41, 5.74) is 2.03. The third-order valence-corrected chi connectivity index (χ3v) is 1.92. The molecule has 0 aliphatic rings. The molecule has 0 aliphatic heterocycles. The summed E-state index contributed by atoms with van der Waals surface area (Å²) < 4.78 is 7.10. The van der Waals surface area contributed by atoms with Crippen molar-refractivity contribution >= 4 is 11.0 Å². The Kier molecular flexibility index (Phi) is 1.77. The fourth-order valence-corrected chi connectivity index (χ4v) is 1.29. The van der Waals surface area contributed by atoms with Crippen molar-refractivity contribution in [1.82, 2.24) is 9.55 Å². The molecule has 3 nitrogen and oxygen atoms in total. The van der Waals surface area contributed by atoms with Crippen molar-refractivity contribution in [2.45, 2.75) is 0 Å². The van der Waals surface area contributed by atoms with Crippen LogP contribution >= 0.6 is 0 Å². The lowest BCUT2D eigenvalue weighted by atomic mass is 10.3. The van der Waals surface area contributed by atoms with Crippen molar-refractivity contribution in [1.29, 1.82) is 0 Å². The summed E-state index contributed by atoms with van der Waals surface area (Å²) in [6.07, 6.45) is 3.19. The summed E-state index contributed by atoms with van der Waals surface area (Å²) in [4.78, 5) is 4.21. The van der Waals surface area contributed by atoms with Gasteiger partial charge in [-0.1, -0.05) is 6.58 Å². The monoisotopic (exact) mass is 174 g/mol. The van der Waals surface area contributed by atoms with Crippen LogP contribution in [0.2, 0.25) is 0 Å². The summed E-state index contributed by atoms with van der Waals surface area (Å²) in [5.74, 6) is 0.765. The minimum absolute atomic E-state index is 0.765. The first-order valence-electron chi connectivity index (χ1n) is 4.00. The maximum Gasteiger partial charge on any atom is 0.128 e. The molecular formula is C10H10N2O. The fraction of sp³-hybridized carbons (Fsp3) is 0.100. The molecule has 0 bridgehead atoms. The molecule has 66 valence electrons. The van der Waals surface area contributed by atoms with E-state index in [0.29, 0.717) is 0 Å². The average molecular weight is 174 g/mol. The summed E-state index contributed by atoms with van der Waals surface area (Å²) in [7, 11) is 1.96. The second-order valence-corrected chi connectivity index (χ2v) is 2.79. The lowest BCUT2D eigenvalue weighted by Crippen LogP contribution is -1.84. The van der Waals surface area contributed by atoms with Gasteiger partial charge in [-0.15, -0.1) is 0 Å². The van der Waals surface area contributed by atoms with Crippen LogP contribution in [0.1, 0.15) is 0 Å². The Morgan fingerprint density at radius 1 is 1.54 bits per heavy atom. The highest BCUT2D eigenvalue weighted by molar-refractivity contribution is 5.76. The van der Waals surface area contributed by atoms with E-state index in [1.165, 1.54) is 6.26 Å². The van der Waals surface area contributed by atoms with Crippen LogP contribution in [-0.2, 0) is 7.05 Å². The topological polar surface area (TPSA) is 27.1 Å². The standard InChI is InChI=1S/C10H10N2O/c1-3-13-8-4-5-10-9(6-8)11-7-12(10)2/h3-7H,1H2,2H3. The van der Waals surface area contributed by atoms with E-state index in [4.69, 9.17) is 4.74 Å². The predicted molar refractivity (Wildman–Crippen MR) is 51.5 cm³/mol. The van der Waals surface area contributed by atoms with Crippen LogP contribution in [0.5, 0.6) is 5.75 Å². The molecule has 0 saturated heterocycles. The second-order valence-electron chi connectivity index (χ2n) is 2.79. The zero-order valence-electron chi connectivity index (χ0n) is 7.40. The quantitative estimate of drug-likeness (QED) is 0.652. The normalized spacial score (nSPS) is 10.2. The molecule has 0 atom stereocenters. The molecule has 0 spiro atoms. The Morgan fingerprint density at radius 2 is 2.38 bits per heavy atom. The molecule has 1 aromatic heterocycles. The van der Waals surface area contributed by atoms with Crippen molar-refractivity contribution in [3.05, 3.63) is 37.4 Å². The fourth-order valence-electron chi connectivity index (χ4n) is 1.29. The molecule has 1 aromatic carbocycles. The number of rotatable bonds is 2. The zero-order valence-corrected chi connectivity index (χ0v) is 7.40. The van der Waals surface area contributed by atoms with E-state index in [1.54, 1.807) is 6.33 Å². The lowest BCUT2D eigenvalue weighted by Gasteiger charge is -1.99. The first-order chi connectivity index (χ1) is 6.31. The molecule has 0 saturated carbocycles. The zero-order chi connectivity index (χ0) is 9.26. The summed E-state index contributed by atoms with van der Waals surface area (Å²) in [6, 6.07) is 5.75. The lowest BCUT2D eigenvalue weighted by molar-refractivity contribution is 0.484. The first-order valence-corrected chi connectivity index (χ1v) is 4.00. The number of fused-ring (bicyclic) bond motifs is 1. The number of benzene rings is 1. The third kappa shape index (κ3) is 1.28. The van der Waals surface area contributed by atoms with E-state index in [0.717, 1.165) is 16.8 Å². The Morgan fingerprint density at radius 3 is 3.15 bits per heavy atom. The molecule has 13 heavy (non-hydrogen) atoms. The van der Waals surface area contributed by atoms with Gasteiger partial charge in [0.25, 0.3) is 0 Å². The number of hydrogen-bond donors (Lipinski definition) is 0. The highest BCUT2D eigenvalue weighted by atomic mass is 16.5. The number of ether oxygens (including phenoxy) is 1. The number of aryl methyl sites for hydroxylation is 1. The number of imidazole rings is 1. The summed E-state index contributed by atoms with van der Waals surface area (Å²) in [6.45, 7) is 3.49.